The third-order valence-electron chi connectivity index (χ3n) is 2.98. The lowest BCUT2D eigenvalue weighted by atomic mass is 10.2. The van der Waals surface area contributed by atoms with Gasteiger partial charge in [-0.3, -0.25) is 0 Å². The molecule has 0 aliphatic rings. The highest BCUT2D eigenvalue weighted by atomic mass is 16.3. The summed E-state index contributed by atoms with van der Waals surface area (Å²) in [6.07, 6.45) is 1.02. The summed E-state index contributed by atoms with van der Waals surface area (Å²) in [4.78, 5) is 6.63. The summed E-state index contributed by atoms with van der Waals surface area (Å²) in [5, 5.41) is 0. The van der Waals surface area contributed by atoms with E-state index in [0.717, 1.165) is 30.6 Å². The number of oxazole rings is 1. The van der Waals surface area contributed by atoms with Crippen LogP contribution in [-0.2, 0) is 6.54 Å². The van der Waals surface area contributed by atoms with Crippen molar-refractivity contribution in [3.8, 4) is 0 Å². The highest BCUT2D eigenvalue weighted by molar-refractivity contribution is 5.73. The molecule has 1 unspecified atom stereocenters. The smallest absolute Gasteiger partial charge is 0.192 e. The molecule has 2 aromatic rings. The molecule has 18 heavy (non-hydrogen) atoms. The lowest BCUT2D eigenvalue weighted by Crippen LogP contribution is -2.25. The minimum absolute atomic E-state index is 0.258. The van der Waals surface area contributed by atoms with Crippen LogP contribution in [0.2, 0.25) is 0 Å². The van der Waals surface area contributed by atoms with Crippen molar-refractivity contribution in [1.29, 1.82) is 0 Å². The first-order valence-electron chi connectivity index (χ1n) is 6.35. The van der Waals surface area contributed by atoms with Gasteiger partial charge in [-0.15, -0.1) is 0 Å². The number of aromatic nitrogens is 1. The topological polar surface area (TPSA) is 55.3 Å². The van der Waals surface area contributed by atoms with E-state index in [9.17, 15) is 0 Å². The van der Waals surface area contributed by atoms with Crippen molar-refractivity contribution in [2.24, 2.45) is 5.73 Å². The van der Waals surface area contributed by atoms with Crippen LogP contribution in [0.1, 0.15) is 24.8 Å². The molecule has 4 heteroatoms. The highest BCUT2D eigenvalue weighted by Crippen LogP contribution is 2.17. The normalized spacial score (nSPS) is 13.4. The van der Waals surface area contributed by atoms with E-state index in [1.807, 2.05) is 19.9 Å². The van der Waals surface area contributed by atoms with Crippen LogP contribution in [-0.4, -0.2) is 29.5 Å². The lowest BCUT2D eigenvalue weighted by molar-refractivity contribution is 0.313. The summed E-state index contributed by atoms with van der Waals surface area (Å²) >= 11 is 0. The second kappa shape index (κ2) is 5.50. The molecule has 98 valence electrons. The van der Waals surface area contributed by atoms with E-state index in [4.69, 9.17) is 10.2 Å². The molecule has 0 amide bonds. The number of hydrogen-bond acceptors (Lipinski definition) is 4. The Hall–Kier alpha value is -1.39. The van der Waals surface area contributed by atoms with Gasteiger partial charge in [0.05, 0.1) is 0 Å². The van der Waals surface area contributed by atoms with Gasteiger partial charge in [-0.25, -0.2) is 4.98 Å². The Kier molecular flexibility index (Phi) is 3.99. The Bertz CT molecular complexity index is 519. The molecule has 1 aromatic carbocycles. The highest BCUT2D eigenvalue weighted by Gasteiger charge is 2.06. The predicted octanol–water partition coefficient (Wildman–Crippen LogP) is 2.31. The summed E-state index contributed by atoms with van der Waals surface area (Å²) in [5.41, 5.74) is 8.81. The minimum Gasteiger partial charge on any atom is -0.441 e. The van der Waals surface area contributed by atoms with Crippen LogP contribution in [0.15, 0.2) is 22.6 Å². The van der Waals surface area contributed by atoms with Gasteiger partial charge in [-0.05, 0) is 44.6 Å². The van der Waals surface area contributed by atoms with Gasteiger partial charge in [-0.1, -0.05) is 6.07 Å². The SMILES string of the molecule is Cc1nc2cc(CN(C)CCC(C)N)ccc2o1. The standard InChI is InChI=1S/C14H21N3O/c1-10(15)6-7-17(3)9-12-4-5-14-13(8-12)16-11(2)18-14/h4-5,8,10H,6-7,9,15H2,1-3H3. The number of aryl methyl sites for hydroxylation is 1. The Labute approximate surface area is 108 Å². The van der Waals surface area contributed by atoms with Gasteiger partial charge in [0.1, 0.15) is 5.52 Å². The van der Waals surface area contributed by atoms with E-state index in [0.29, 0.717) is 5.89 Å². The molecule has 1 aromatic heterocycles. The molecule has 0 spiro atoms. The molecule has 2 rings (SSSR count). The molecule has 1 heterocycles. The lowest BCUT2D eigenvalue weighted by Gasteiger charge is -2.17. The zero-order valence-electron chi connectivity index (χ0n) is 11.3. The van der Waals surface area contributed by atoms with Crippen molar-refractivity contribution in [2.75, 3.05) is 13.6 Å². The minimum atomic E-state index is 0.258. The first-order chi connectivity index (χ1) is 8.54. The Morgan fingerprint density at radius 2 is 2.22 bits per heavy atom. The molecule has 0 aliphatic carbocycles. The van der Waals surface area contributed by atoms with E-state index >= 15 is 0 Å². The molecule has 0 fully saturated rings. The van der Waals surface area contributed by atoms with Gasteiger partial charge in [0.15, 0.2) is 11.5 Å². The van der Waals surface area contributed by atoms with Crippen LogP contribution < -0.4 is 5.73 Å². The first-order valence-corrected chi connectivity index (χ1v) is 6.35. The Morgan fingerprint density at radius 3 is 2.94 bits per heavy atom. The van der Waals surface area contributed by atoms with Crippen LogP contribution >= 0.6 is 0 Å². The van der Waals surface area contributed by atoms with Gasteiger partial charge in [0.25, 0.3) is 0 Å². The predicted molar refractivity (Wildman–Crippen MR) is 73.3 cm³/mol. The van der Waals surface area contributed by atoms with Crippen LogP contribution in [0.5, 0.6) is 0 Å². The van der Waals surface area contributed by atoms with E-state index in [2.05, 4.69) is 29.1 Å². The average Bonchev–Trinajstić information content (AvgIpc) is 2.66. The molecule has 0 radical (unpaired) electrons. The fourth-order valence-electron chi connectivity index (χ4n) is 2.00. The van der Waals surface area contributed by atoms with Crippen molar-refractivity contribution in [3.05, 3.63) is 29.7 Å². The number of rotatable bonds is 5. The number of nitrogens with two attached hydrogens (primary N) is 1. The Balaban J connectivity index is 2.02. The maximum Gasteiger partial charge on any atom is 0.192 e. The zero-order chi connectivity index (χ0) is 13.1. The monoisotopic (exact) mass is 247 g/mol. The molecular weight excluding hydrogens is 226 g/mol. The second-order valence-electron chi connectivity index (χ2n) is 5.04. The second-order valence-corrected chi connectivity index (χ2v) is 5.04. The van der Waals surface area contributed by atoms with Crippen molar-refractivity contribution < 1.29 is 4.42 Å². The van der Waals surface area contributed by atoms with E-state index in [1.54, 1.807) is 0 Å². The van der Waals surface area contributed by atoms with Gasteiger partial charge in [0, 0.05) is 19.5 Å². The quantitative estimate of drug-likeness (QED) is 0.881. The van der Waals surface area contributed by atoms with E-state index in [-0.39, 0.29) is 6.04 Å². The average molecular weight is 247 g/mol. The largest absolute Gasteiger partial charge is 0.441 e. The van der Waals surface area contributed by atoms with Crippen molar-refractivity contribution in [3.63, 3.8) is 0 Å². The van der Waals surface area contributed by atoms with Crippen LogP contribution in [0.3, 0.4) is 0 Å². The van der Waals surface area contributed by atoms with Gasteiger partial charge < -0.3 is 15.1 Å². The summed E-state index contributed by atoms with van der Waals surface area (Å²) in [5.74, 6) is 0.715. The summed E-state index contributed by atoms with van der Waals surface area (Å²) < 4.78 is 5.47. The van der Waals surface area contributed by atoms with Gasteiger partial charge >= 0.3 is 0 Å². The number of hydrogen-bond donors (Lipinski definition) is 1. The van der Waals surface area contributed by atoms with Crippen molar-refractivity contribution in [1.82, 2.24) is 9.88 Å². The molecule has 2 N–H and O–H groups in total. The summed E-state index contributed by atoms with van der Waals surface area (Å²) in [7, 11) is 2.11. The van der Waals surface area contributed by atoms with Gasteiger partial charge in [-0.2, -0.15) is 0 Å². The fraction of sp³-hybridized carbons (Fsp3) is 0.500. The summed E-state index contributed by atoms with van der Waals surface area (Å²) in [6, 6.07) is 6.43. The molecule has 4 nitrogen and oxygen atoms in total. The molecule has 1 atom stereocenters. The van der Waals surface area contributed by atoms with Crippen molar-refractivity contribution >= 4 is 11.1 Å². The van der Waals surface area contributed by atoms with Gasteiger partial charge in [0.2, 0.25) is 0 Å². The fourth-order valence-corrected chi connectivity index (χ4v) is 2.00. The van der Waals surface area contributed by atoms with Crippen LogP contribution in [0.25, 0.3) is 11.1 Å². The molecule has 0 saturated carbocycles. The third kappa shape index (κ3) is 3.31. The summed E-state index contributed by atoms with van der Waals surface area (Å²) in [6.45, 7) is 5.83. The zero-order valence-corrected chi connectivity index (χ0v) is 11.3. The van der Waals surface area contributed by atoms with Crippen LogP contribution in [0.4, 0.5) is 0 Å². The molecular formula is C14H21N3O. The molecule has 0 aliphatic heterocycles. The first kappa shape index (κ1) is 13.1. The number of benzene rings is 1. The maximum atomic E-state index is 5.76. The Morgan fingerprint density at radius 1 is 1.44 bits per heavy atom. The maximum absolute atomic E-state index is 5.76. The van der Waals surface area contributed by atoms with Crippen molar-refractivity contribution in [2.45, 2.75) is 32.9 Å². The van der Waals surface area contributed by atoms with E-state index in [1.165, 1.54) is 5.56 Å². The number of fused-ring (bicyclic) bond motifs is 1. The molecule has 0 bridgehead atoms. The molecule has 0 saturated heterocycles. The van der Waals surface area contributed by atoms with Crippen LogP contribution in [0, 0.1) is 6.92 Å². The van der Waals surface area contributed by atoms with E-state index < -0.39 is 0 Å². The number of nitrogens with zero attached hydrogens (tertiary/aromatic N) is 2. The third-order valence-corrected chi connectivity index (χ3v) is 2.98.